The fraction of sp³-hybridized carbons (Fsp3) is 0.333. The molecule has 0 atom stereocenters. The van der Waals surface area contributed by atoms with Crippen molar-refractivity contribution in [3.8, 4) is 5.82 Å². The van der Waals surface area contributed by atoms with Gasteiger partial charge in [0.15, 0.2) is 5.16 Å². The number of allylic oxidation sites excluding steroid dienone is 1. The number of fused-ring (bicyclic) bond motifs is 1. The highest BCUT2D eigenvalue weighted by Gasteiger charge is 2.15. The SMILES string of the molecule is Cc1ccnc(-n2c(SCC(=O)NCCC3=CCCCC3)nc3ccccc3c2=O)c1. The number of rotatable bonds is 7. The molecule has 0 aliphatic heterocycles. The minimum Gasteiger partial charge on any atom is -0.355 e. The molecule has 1 aliphatic rings. The average Bonchev–Trinajstić information content (AvgIpc) is 2.78. The summed E-state index contributed by atoms with van der Waals surface area (Å²) in [6, 6.07) is 11.0. The number of pyridine rings is 1. The van der Waals surface area contributed by atoms with Crippen LogP contribution in [0.5, 0.6) is 0 Å². The third-order valence-corrected chi connectivity index (χ3v) is 6.30. The van der Waals surface area contributed by atoms with Crippen molar-refractivity contribution in [2.75, 3.05) is 12.3 Å². The predicted octanol–water partition coefficient (Wildman–Crippen LogP) is 4.19. The zero-order valence-electron chi connectivity index (χ0n) is 17.6. The van der Waals surface area contributed by atoms with Crippen LogP contribution in [0.4, 0.5) is 0 Å². The van der Waals surface area contributed by atoms with Gasteiger partial charge in [-0.3, -0.25) is 9.59 Å². The molecular formula is C24H26N4O2S. The standard InChI is InChI=1S/C24H26N4O2S/c1-17-11-13-25-21(15-17)28-23(30)19-9-5-6-10-20(19)27-24(28)31-16-22(29)26-14-12-18-7-3-2-4-8-18/h5-7,9-11,13,15H,2-4,8,12,14,16H2,1H3,(H,26,29). The van der Waals surface area contributed by atoms with E-state index in [4.69, 9.17) is 0 Å². The van der Waals surface area contributed by atoms with Crippen molar-refractivity contribution in [1.82, 2.24) is 19.9 Å². The number of amides is 1. The molecule has 1 aliphatic carbocycles. The van der Waals surface area contributed by atoms with E-state index in [2.05, 4.69) is 21.4 Å². The van der Waals surface area contributed by atoms with Gasteiger partial charge in [-0.05, 0) is 68.9 Å². The van der Waals surface area contributed by atoms with Gasteiger partial charge in [-0.25, -0.2) is 14.5 Å². The van der Waals surface area contributed by atoms with Gasteiger partial charge in [0.2, 0.25) is 5.91 Å². The number of hydrogen-bond donors (Lipinski definition) is 1. The number of aryl methyl sites for hydroxylation is 1. The number of benzene rings is 1. The Morgan fingerprint density at radius 1 is 1.23 bits per heavy atom. The van der Waals surface area contributed by atoms with E-state index in [-0.39, 0.29) is 17.2 Å². The monoisotopic (exact) mass is 434 g/mol. The lowest BCUT2D eigenvalue weighted by atomic mass is 9.97. The normalized spacial score (nSPS) is 13.8. The van der Waals surface area contributed by atoms with Crippen molar-refractivity contribution in [2.24, 2.45) is 0 Å². The van der Waals surface area contributed by atoms with Gasteiger partial charge in [-0.1, -0.05) is 35.5 Å². The first-order valence-electron chi connectivity index (χ1n) is 10.6. The molecule has 4 rings (SSSR count). The van der Waals surface area contributed by atoms with E-state index in [0.29, 0.717) is 28.4 Å². The molecule has 0 unspecified atom stereocenters. The summed E-state index contributed by atoms with van der Waals surface area (Å²) in [6.45, 7) is 2.59. The molecule has 0 spiro atoms. The zero-order valence-corrected chi connectivity index (χ0v) is 18.5. The highest BCUT2D eigenvalue weighted by molar-refractivity contribution is 7.99. The number of nitrogens with zero attached hydrogens (tertiary/aromatic N) is 3. The third-order valence-electron chi connectivity index (χ3n) is 5.36. The van der Waals surface area contributed by atoms with Crippen molar-refractivity contribution in [2.45, 2.75) is 44.2 Å². The van der Waals surface area contributed by atoms with Crippen molar-refractivity contribution < 1.29 is 4.79 Å². The summed E-state index contributed by atoms with van der Waals surface area (Å²) in [5, 5.41) is 3.98. The lowest BCUT2D eigenvalue weighted by Gasteiger charge is -2.14. The summed E-state index contributed by atoms with van der Waals surface area (Å²) in [6.07, 6.45) is 9.68. The van der Waals surface area contributed by atoms with Crippen LogP contribution in [0.25, 0.3) is 16.7 Å². The molecule has 1 amide bonds. The molecular weight excluding hydrogens is 408 g/mol. The Bertz CT molecular complexity index is 1190. The van der Waals surface area contributed by atoms with Crippen LogP contribution in [0.1, 0.15) is 37.7 Å². The molecule has 160 valence electrons. The lowest BCUT2D eigenvalue weighted by Crippen LogP contribution is -2.28. The van der Waals surface area contributed by atoms with Crippen molar-refractivity contribution in [3.63, 3.8) is 0 Å². The molecule has 0 bridgehead atoms. The highest BCUT2D eigenvalue weighted by Crippen LogP contribution is 2.21. The van der Waals surface area contributed by atoms with Crippen LogP contribution in [0.2, 0.25) is 0 Å². The Morgan fingerprint density at radius 3 is 2.90 bits per heavy atom. The Kier molecular flexibility index (Phi) is 6.82. The molecule has 0 fully saturated rings. The molecule has 0 radical (unpaired) electrons. The van der Waals surface area contributed by atoms with Crippen molar-refractivity contribution >= 4 is 28.6 Å². The maximum Gasteiger partial charge on any atom is 0.267 e. The van der Waals surface area contributed by atoms with E-state index in [1.807, 2.05) is 37.3 Å². The number of nitrogens with one attached hydrogen (secondary N) is 1. The van der Waals surface area contributed by atoms with Crippen LogP contribution >= 0.6 is 11.8 Å². The van der Waals surface area contributed by atoms with Crippen LogP contribution in [0.15, 0.2) is 64.2 Å². The second-order valence-corrected chi connectivity index (χ2v) is 8.68. The van der Waals surface area contributed by atoms with Gasteiger partial charge in [0.25, 0.3) is 5.56 Å². The van der Waals surface area contributed by atoms with Gasteiger partial charge in [0, 0.05) is 12.7 Å². The summed E-state index contributed by atoms with van der Waals surface area (Å²) in [5.74, 6) is 0.637. The second kappa shape index (κ2) is 9.92. The largest absolute Gasteiger partial charge is 0.355 e. The summed E-state index contributed by atoms with van der Waals surface area (Å²) in [7, 11) is 0. The van der Waals surface area contributed by atoms with E-state index in [1.54, 1.807) is 12.3 Å². The average molecular weight is 435 g/mol. The Labute approximate surface area is 185 Å². The first-order chi connectivity index (χ1) is 15.1. The third kappa shape index (κ3) is 5.22. The molecule has 31 heavy (non-hydrogen) atoms. The van der Waals surface area contributed by atoms with Gasteiger partial charge < -0.3 is 5.32 Å². The molecule has 3 aromatic rings. The Morgan fingerprint density at radius 2 is 2.10 bits per heavy atom. The highest BCUT2D eigenvalue weighted by atomic mass is 32.2. The first-order valence-corrected chi connectivity index (χ1v) is 11.6. The minimum absolute atomic E-state index is 0.0624. The number of carbonyl (C=O) groups is 1. The zero-order chi connectivity index (χ0) is 21.6. The van der Waals surface area contributed by atoms with Gasteiger partial charge in [-0.15, -0.1) is 0 Å². The van der Waals surface area contributed by atoms with E-state index >= 15 is 0 Å². The Hall–Kier alpha value is -2.93. The van der Waals surface area contributed by atoms with Gasteiger partial charge in [0.1, 0.15) is 5.82 Å². The van der Waals surface area contributed by atoms with Crippen molar-refractivity contribution in [3.05, 3.63) is 70.2 Å². The maximum atomic E-state index is 13.2. The van der Waals surface area contributed by atoms with Crippen molar-refractivity contribution in [1.29, 1.82) is 0 Å². The number of aromatic nitrogens is 3. The van der Waals surface area contributed by atoms with Crippen LogP contribution < -0.4 is 10.9 Å². The molecule has 0 saturated carbocycles. The molecule has 2 aromatic heterocycles. The first kappa shape index (κ1) is 21.3. The summed E-state index contributed by atoms with van der Waals surface area (Å²) >= 11 is 1.26. The van der Waals surface area contributed by atoms with Crippen LogP contribution in [0, 0.1) is 6.92 Å². The van der Waals surface area contributed by atoms with Crippen LogP contribution in [-0.2, 0) is 4.79 Å². The smallest absolute Gasteiger partial charge is 0.267 e. The van der Waals surface area contributed by atoms with E-state index in [9.17, 15) is 9.59 Å². The van der Waals surface area contributed by atoms with Crippen LogP contribution in [0.3, 0.4) is 0 Å². The van der Waals surface area contributed by atoms with Crippen LogP contribution in [-0.4, -0.2) is 32.7 Å². The molecule has 1 aromatic carbocycles. The number of para-hydroxylation sites is 1. The number of carbonyl (C=O) groups excluding carboxylic acids is 1. The summed E-state index contributed by atoms with van der Waals surface area (Å²) in [5.41, 5.74) is 2.87. The van der Waals surface area contributed by atoms with E-state index in [1.165, 1.54) is 34.7 Å². The number of thioether (sulfide) groups is 1. The molecule has 7 heteroatoms. The molecule has 0 saturated heterocycles. The van der Waals surface area contributed by atoms with Gasteiger partial charge in [-0.2, -0.15) is 0 Å². The lowest BCUT2D eigenvalue weighted by molar-refractivity contribution is -0.118. The predicted molar refractivity (Wildman–Crippen MR) is 125 cm³/mol. The Balaban J connectivity index is 1.52. The minimum atomic E-state index is -0.184. The summed E-state index contributed by atoms with van der Waals surface area (Å²) < 4.78 is 1.50. The fourth-order valence-electron chi connectivity index (χ4n) is 3.73. The fourth-order valence-corrected chi connectivity index (χ4v) is 4.56. The van der Waals surface area contributed by atoms with Gasteiger partial charge >= 0.3 is 0 Å². The molecule has 6 nitrogen and oxygen atoms in total. The van der Waals surface area contributed by atoms with Gasteiger partial charge in [0.05, 0.1) is 16.7 Å². The molecule has 2 heterocycles. The summed E-state index contributed by atoms with van der Waals surface area (Å²) in [4.78, 5) is 34.7. The van der Waals surface area contributed by atoms with E-state index < -0.39 is 0 Å². The second-order valence-electron chi connectivity index (χ2n) is 7.74. The number of hydrogen-bond acceptors (Lipinski definition) is 5. The molecule has 1 N–H and O–H groups in total. The van der Waals surface area contributed by atoms with E-state index in [0.717, 1.165) is 24.8 Å². The maximum absolute atomic E-state index is 13.2. The quantitative estimate of drug-likeness (QED) is 0.343. The topological polar surface area (TPSA) is 76.9 Å².